The Morgan fingerprint density at radius 3 is 2.35 bits per heavy atom. The van der Waals surface area contributed by atoms with Crippen molar-refractivity contribution in [3.05, 3.63) is 29.8 Å². The number of sulfonamides is 1. The minimum atomic E-state index is -3.58. The van der Waals surface area contributed by atoms with Gasteiger partial charge >= 0.3 is 0 Å². The maximum Gasteiger partial charge on any atom is 0.287 e. The minimum Gasteiger partial charge on any atom is -0.395 e. The van der Waals surface area contributed by atoms with Crippen molar-refractivity contribution in [1.29, 1.82) is 0 Å². The Labute approximate surface area is 105 Å². The van der Waals surface area contributed by atoms with Crippen molar-refractivity contribution in [2.45, 2.75) is 18.7 Å². The van der Waals surface area contributed by atoms with E-state index in [4.69, 9.17) is 5.11 Å². The van der Waals surface area contributed by atoms with Crippen LogP contribution in [0.4, 0.5) is 0 Å². The highest BCUT2D eigenvalue weighted by molar-refractivity contribution is 8.00. The standard InChI is InChI=1S/C11H17NO3S2/c1-3-16(9-8-13)12-17(14,15)11-6-4-10(2)5-7-11/h4-7,13H,3,8-9H2,1-2H3. The van der Waals surface area contributed by atoms with E-state index in [9.17, 15) is 8.42 Å². The Balaban J connectivity index is 3.06. The van der Waals surface area contributed by atoms with Gasteiger partial charge in [0.05, 0.1) is 11.5 Å². The fraction of sp³-hybridized carbons (Fsp3) is 0.455. The maximum atomic E-state index is 11.9. The molecule has 0 heterocycles. The number of hydrogen-bond donors (Lipinski definition) is 1. The van der Waals surface area contributed by atoms with Crippen LogP contribution in [0, 0.1) is 6.92 Å². The van der Waals surface area contributed by atoms with Gasteiger partial charge in [0.2, 0.25) is 0 Å². The van der Waals surface area contributed by atoms with E-state index >= 15 is 0 Å². The largest absolute Gasteiger partial charge is 0.395 e. The highest BCUT2D eigenvalue weighted by Crippen LogP contribution is 2.14. The molecule has 0 amide bonds. The first-order valence-corrected chi connectivity index (χ1v) is 8.28. The summed E-state index contributed by atoms with van der Waals surface area (Å²) in [5.41, 5.74) is 1.01. The average Bonchev–Trinajstić information content (AvgIpc) is 2.28. The molecule has 1 aromatic rings. The lowest BCUT2D eigenvalue weighted by atomic mass is 10.2. The van der Waals surface area contributed by atoms with Crippen LogP contribution in [-0.4, -0.2) is 31.6 Å². The molecule has 0 aliphatic rings. The quantitative estimate of drug-likeness (QED) is 0.885. The van der Waals surface area contributed by atoms with Gasteiger partial charge < -0.3 is 5.11 Å². The van der Waals surface area contributed by atoms with Crippen LogP contribution in [0.2, 0.25) is 0 Å². The molecule has 0 fully saturated rings. The van der Waals surface area contributed by atoms with E-state index in [0.29, 0.717) is 11.5 Å². The first-order chi connectivity index (χ1) is 7.99. The zero-order chi connectivity index (χ0) is 12.9. The van der Waals surface area contributed by atoms with Gasteiger partial charge in [0, 0.05) is 11.5 Å². The van der Waals surface area contributed by atoms with Crippen LogP contribution in [-0.2, 0) is 20.7 Å². The van der Waals surface area contributed by atoms with Crippen LogP contribution in [0.15, 0.2) is 32.9 Å². The summed E-state index contributed by atoms with van der Waals surface area (Å²) in [6.07, 6.45) is 0. The van der Waals surface area contributed by atoms with Gasteiger partial charge in [0.15, 0.2) is 0 Å². The fourth-order valence-corrected chi connectivity index (χ4v) is 4.39. The Morgan fingerprint density at radius 2 is 1.88 bits per heavy atom. The molecule has 0 aromatic heterocycles. The van der Waals surface area contributed by atoms with E-state index in [0.717, 1.165) is 5.56 Å². The predicted octanol–water partition coefficient (Wildman–Crippen LogP) is 1.50. The summed E-state index contributed by atoms with van der Waals surface area (Å²) in [6, 6.07) is 6.62. The van der Waals surface area contributed by atoms with Crippen LogP contribution >= 0.6 is 0 Å². The van der Waals surface area contributed by atoms with Crippen molar-refractivity contribution in [1.82, 2.24) is 0 Å². The Bertz CT molecular complexity index is 492. The van der Waals surface area contributed by atoms with Gasteiger partial charge in [0.25, 0.3) is 10.0 Å². The summed E-state index contributed by atoms with van der Waals surface area (Å²) in [6.45, 7) is 3.73. The van der Waals surface area contributed by atoms with Crippen molar-refractivity contribution >= 4 is 20.7 Å². The van der Waals surface area contributed by atoms with Gasteiger partial charge in [-0.3, -0.25) is 0 Å². The number of aliphatic hydroxyl groups is 1. The van der Waals surface area contributed by atoms with E-state index in [1.54, 1.807) is 24.3 Å². The Hall–Kier alpha value is -0.720. The lowest BCUT2D eigenvalue weighted by molar-refractivity contribution is 0.322. The topological polar surface area (TPSA) is 66.7 Å². The Kier molecular flexibility index (Phi) is 5.30. The van der Waals surface area contributed by atoms with Gasteiger partial charge in [-0.25, -0.2) is 0 Å². The second-order valence-electron chi connectivity index (χ2n) is 3.54. The van der Waals surface area contributed by atoms with Crippen molar-refractivity contribution in [2.75, 3.05) is 18.1 Å². The van der Waals surface area contributed by atoms with Crippen molar-refractivity contribution < 1.29 is 13.5 Å². The molecule has 0 radical (unpaired) electrons. The lowest BCUT2D eigenvalue weighted by Crippen LogP contribution is -2.07. The number of benzene rings is 1. The molecule has 1 atom stereocenters. The summed E-state index contributed by atoms with van der Waals surface area (Å²) in [5.74, 6) is 1.03. The van der Waals surface area contributed by atoms with Crippen LogP contribution < -0.4 is 0 Å². The summed E-state index contributed by atoms with van der Waals surface area (Å²) >= 11 is 0. The third-order valence-corrected chi connectivity index (χ3v) is 6.00. The minimum absolute atomic E-state index is 0.0378. The van der Waals surface area contributed by atoms with E-state index < -0.39 is 20.7 Å². The molecule has 1 N–H and O–H groups in total. The van der Waals surface area contributed by atoms with Gasteiger partial charge in [-0.1, -0.05) is 35.3 Å². The van der Waals surface area contributed by atoms with E-state index in [-0.39, 0.29) is 11.5 Å². The SMILES string of the molecule is CC/S(CCO)=N/S(=O)(=O)c1ccc(C)cc1. The lowest BCUT2D eigenvalue weighted by Gasteiger charge is -2.04. The number of aliphatic hydroxyl groups excluding tert-OH is 1. The summed E-state index contributed by atoms with van der Waals surface area (Å²) in [5, 5.41) is 8.82. The third kappa shape index (κ3) is 4.22. The number of rotatable bonds is 5. The van der Waals surface area contributed by atoms with Crippen LogP contribution in [0.5, 0.6) is 0 Å². The highest BCUT2D eigenvalue weighted by atomic mass is 32.3. The molecule has 0 aliphatic heterocycles. The zero-order valence-corrected chi connectivity index (χ0v) is 11.6. The molecule has 96 valence electrons. The first kappa shape index (κ1) is 14.3. The molecule has 6 heteroatoms. The smallest absolute Gasteiger partial charge is 0.287 e. The van der Waals surface area contributed by atoms with Gasteiger partial charge in [-0.15, -0.1) is 3.77 Å². The fourth-order valence-electron chi connectivity index (χ4n) is 1.23. The number of aryl methyl sites for hydroxylation is 1. The molecule has 0 saturated carbocycles. The van der Waals surface area contributed by atoms with E-state index in [2.05, 4.69) is 3.77 Å². The summed E-state index contributed by atoms with van der Waals surface area (Å²) in [7, 11) is -4.20. The van der Waals surface area contributed by atoms with Crippen LogP contribution in [0.3, 0.4) is 0 Å². The molecule has 0 saturated heterocycles. The summed E-state index contributed by atoms with van der Waals surface area (Å²) < 4.78 is 27.7. The molecule has 1 aromatic carbocycles. The van der Waals surface area contributed by atoms with Gasteiger partial charge in [0.1, 0.15) is 0 Å². The molecule has 0 bridgehead atoms. The van der Waals surface area contributed by atoms with Crippen LogP contribution in [0.1, 0.15) is 12.5 Å². The molecule has 1 rings (SSSR count). The number of nitrogens with zero attached hydrogens (tertiary/aromatic N) is 1. The zero-order valence-electron chi connectivity index (χ0n) is 9.96. The van der Waals surface area contributed by atoms with Gasteiger partial charge in [-0.05, 0) is 19.1 Å². The molecular formula is C11H17NO3S2. The molecule has 1 unspecified atom stereocenters. The Morgan fingerprint density at radius 1 is 1.29 bits per heavy atom. The van der Waals surface area contributed by atoms with E-state index in [1.165, 1.54) is 0 Å². The molecule has 4 nitrogen and oxygen atoms in total. The summed E-state index contributed by atoms with van der Waals surface area (Å²) in [4.78, 5) is 0.215. The highest BCUT2D eigenvalue weighted by Gasteiger charge is 2.12. The number of hydrogen-bond acceptors (Lipinski definition) is 3. The molecule has 17 heavy (non-hydrogen) atoms. The van der Waals surface area contributed by atoms with E-state index in [1.807, 2.05) is 13.8 Å². The van der Waals surface area contributed by atoms with Gasteiger partial charge in [-0.2, -0.15) is 8.42 Å². The van der Waals surface area contributed by atoms with Crippen LogP contribution in [0.25, 0.3) is 0 Å². The first-order valence-electron chi connectivity index (χ1n) is 5.32. The second kappa shape index (κ2) is 6.28. The molecule has 0 spiro atoms. The maximum absolute atomic E-state index is 11.9. The second-order valence-corrected chi connectivity index (χ2v) is 7.47. The van der Waals surface area contributed by atoms with Crippen molar-refractivity contribution in [2.24, 2.45) is 3.77 Å². The third-order valence-electron chi connectivity index (χ3n) is 2.18. The molecule has 0 aliphatic carbocycles. The normalized spacial score (nSPS) is 13.8. The van der Waals surface area contributed by atoms with Crippen molar-refractivity contribution in [3.8, 4) is 0 Å². The average molecular weight is 275 g/mol. The van der Waals surface area contributed by atoms with Crippen molar-refractivity contribution in [3.63, 3.8) is 0 Å². The molecular weight excluding hydrogens is 258 g/mol. The predicted molar refractivity (Wildman–Crippen MR) is 70.7 cm³/mol. The monoisotopic (exact) mass is 275 g/mol.